The van der Waals surface area contributed by atoms with Gasteiger partial charge in [0, 0.05) is 37.8 Å². The summed E-state index contributed by atoms with van der Waals surface area (Å²) >= 11 is 0. The summed E-state index contributed by atoms with van der Waals surface area (Å²) in [5.41, 5.74) is 0.689. The van der Waals surface area contributed by atoms with Gasteiger partial charge in [-0.05, 0) is 31.0 Å². The van der Waals surface area contributed by atoms with E-state index >= 15 is 0 Å². The lowest BCUT2D eigenvalue weighted by atomic mass is 10.1. The molecular weight excluding hydrogens is 256 g/mol. The van der Waals surface area contributed by atoms with Gasteiger partial charge in [-0.3, -0.25) is 9.69 Å². The minimum absolute atomic E-state index is 0.0961. The Balaban J connectivity index is 1.44. The maximum atomic E-state index is 12.5. The molecule has 4 rings (SSSR count). The molecular formula is C15H18N2O3. The fourth-order valence-electron chi connectivity index (χ4n) is 2.94. The molecule has 1 amide bonds. The van der Waals surface area contributed by atoms with Crippen molar-refractivity contribution in [1.29, 1.82) is 0 Å². The van der Waals surface area contributed by atoms with Gasteiger partial charge in [0.2, 0.25) is 6.79 Å². The smallest absolute Gasteiger partial charge is 0.254 e. The summed E-state index contributed by atoms with van der Waals surface area (Å²) in [6, 6.07) is 6.22. The van der Waals surface area contributed by atoms with Crippen molar-refractivity contribution in [2.24, 2.45) is 0 Å². The van der Waals surface area contributed by atoms with Gasteiger partial charge in [0.05, 0.1) is 0 Å². The van der Waals surface area contributed by atoms with Crippen molar-refractivity contribution in [3.8, 4) is 11.5 Å². The van der Waals surface area contributed by atoms with Crippen LogP contribution in [0, 0.1) is 0 Å². The van der Waals surface area contributed by atoms with Crippen molar-refractivity contribution in [3.63, 3.8) is 0 Å². The zero-order valence-corrected chi connectivity index (χ0v) is 11.4. The van der Waals surface area contributed by atoms with Crippen LogP contribution in [0.25, 0.3) is 0 Å². The molecule has 20 heavy (non-hydrogen) atoms. The Labute approximate surface area is 118 Å². The predicted molar refractivity (Wildman–Crippen MR) is 73.1 cm³/mol. The van der Waals surface area contributed by atoms with Crippen LogP contribution in [0.3, 0.4) is 0 Å². The van der Waals surface area contributed by atoms with Gasteiger partial charge in [0.25, 0.3) is 5.91 Å². The van der Waals surface area contributed by atoms with Crippen molar-refractivity contribution in [1.82, 2.24) is 9.80 Å². The molecule has 1 saturated carbocycles. The van der Waals surface area contributed by atoms with E-state index in [4.69, 9.17) is 9.47 Å². The van der Waals surface area contributed by atoms with Crippen LogP contribution >= 0.6 is 0 Å². The first-order valence-electron chi connectivity index (χ1n) is 7.24. The van der Waals surface area contributed by atoms with Gasteiger partial charge in [-0.15, -0.1) is 0 Å². The highest BCUT2D eigenvalue weighted by molar-refractivity contribution is 5.95. The number of hydrogen-bond donors (Lipinski definition) is 0. The van der Waals surface area contributed by atoms with Crippen molar-refractivity contribution < 1.29 is 14.3 Å². The number of carbonyl (C=O) groups excluding carboxylic acids is 1. The fourth-order valence-corrected chi connectivity index (χ4v) is 2.94. The number of fused-ring (bicyclic) bond motifs is 1. The Kier molecular flexibility index (Phi) is 2.80. The van der Waals surface area contributed by atoms with E-state index in [1.807, 2.05) is 17.0 Å². The van der Waals surface area contributed by atoms with Gasteiger partial charge in [-0.2, -0.15) is 0 Å². The summed E-state index contributed by atoms with van der Waals surface area (Å²) < 4.78 is 10.6. The second kappa shape index (κ2) is 4.66. The van der Waals surface area contributed by atoms with Crippen LogP contribution in [-0.4, -0.2) is 54.7 Å². The number of amides is 1. The molecule has 0 radical (unpaired) electrons. The minimum atomic E-state index is 0.0961. The Morgan fingerprint density at radius 2 is 1.80 bits per heavy atom. The summed E-state index contributed by atoms with van der Waals surface area (Å²) in [4.78, 5) is 16.9. The zero-order chi connectivity index (χ0) is 13.5. The quantitative estimate of drug-likeness (QED) is 0.816. The van der Waals surface area contributed by atoms with Crippen LogP contribution in [0.5, 0.6) is 11.5 Å². The average Bonchev–Trinajstić information content (AvgIpc) is 3.24. The lowest BCUT2D eigenvalue weighted by molar-refractivity contribution is 0.0627. The molecule has 1 saturated heterocycles. The maximum absolute atomic E-state index is 12.5. The first kappa shape index (κ1) is 12.0. The third kappa shape index (κ3) is 2.12. The van der Waals surface area contributed by atoms with Gasteiger partial charge in [-0.25, -0.2) is 0 Å². The van der Waals surface area contributed by atoms with Crippen LogP contribution in [0.2, 0.25) is 0 Å². The summed E-state index contributed by atoms with van der Waals surface area (Å²) in [6.07, 6.45) is 2.66. The molecule has 2 fully saturated rings. The normalized spacial score (nSPS) is 22.1. The van der Waals surface area contributed by atoms with E-state index in [0.717, 1.165) is 38.0 Å². The average molecular weight is 274 g/mol. The number of piperazine rings is 1. The number of carbonyl (C=O) groups is 1. The third-order valence-corrected chi connectivity index (χ3v) is 4.28. The summed E-state index contributed by atoms with van der Waals surface area (Å²) in [5, 5.41) is 0. The molecule has 3 aliphatic rings. The lowest BCUT2D eigenvalue weighted by Gasteiger charge is -2.34. The second-order valence-corrected chi connectivity index (χ2v) is 5.63. The highest BCUT2D eigenvalue weighted by atomic mass is 16.7. The van der Waals surface area contributed by atoms with Gasteiger partial charge >= 0.3 is 0 Å². The number of nitrogens with zero attached hydrogens (tertiary/aromatic N) is 2. The van der Waals surface area contributed by atoms with E-state index in [2.05, 4.69) is 4.90 Å². The van der Waals surface area contributed by atoms with Crippen molar-refractivity contribution in [3.05, 3.63) is 23.8 Å². The monoisotopic (exact) mass is 274 g/mol. The maximum Gasteiger partial charge on any atom is 0.254 e. The summed E-state index contributed by atoms with van der Waals surface area (Å²) in [7, 11) is 0. The van der Waals surface area contributed by atoms with E-state index in [1.165, 1.54) is 12.8 Å². The second-order valence-electron chi connectivity index (χ2n) is 5.63. The molecule has 1 aromatic rings. The molecule has 5 nitrogen and oxygen atoms in total. The van der Waals surface area contributed by atoms with Crippen LogP contribution < -0.4 is 9.47 Å². The number of hydrogen-bond acceptors (Lipinski definition) is 4. The molecule has 0 aromatic heterocycles. The van der Waals surface area contributed by atoms with E-state index in [-0.39, 0.29) is 12.7 Å². The highest BCUT2D eigenvalue weighted by Gasteiger charge is 2.32. The Morgan fingerprint density at radius 1 is 1.05 bits per heavy atom. The molecule has 5 heteroatoms. The molecule has 0 atom stereocenters. The number of benzene rings is 1. The minimum Gasteiger partial charge on any atom is -0.454 e. The van der Waals surface area contributed by atoms with E-state index in [9.17, 15) is 4.79 Å². The third-order valence-electron chi connectivity index (χ3n) is 4.28. The molecule has 1 aromatic carbocycles. The summed E-state index contributed by atoms with van der Waals surface area (Å²) in [6.45, 7) is 3.89. The molecule has 0 N–H and O–H groups in total. The molecule has 0 spiro atoms. The standard InChI is InChI=1S/C15H18N2O3/c18-15(11-1-4-13-14(9-11)20-10-19-13)17-7-5-16(6-8-17)12-2-3-12/h1,4,9,12H,2-3,5-8,10H2. The van der Waals surface area contributed by atoms with E-state index in [1.54, 1.807) is 6.07 Å². The van der Waals surface area contributed by atoms with Gasteiger partial charge in [0.1, 0.15) is 0 Å². The van der Waals surface area contributed by atoms with Crippen LogP contribution in [0.1, 0.15) is 23.2 Å². The Morgan fingerprint density at radius 3 is 2.55 bits per heavy atom. The van der Waals surface area contributed by atoms with Gasteiger partial charge in [-0.1, -0.05) is 0 Å². The number of rotatable bonds is 2. The lowest BCUT2D eigenvalue weighted by Crippen LogP contribution is -2.49. The largest absolute Gasteiger partial charge is 0.454 e. The van der Waals surface area contributed by atoms with Crippen LogP contribution in [0.15, 0.2) is 18.2 Å². The fraction of sp³-hybridized carbons (Fsp3) is 0.533. The first-order valence-corrected chi connectivity index (χ1v) is 7.24. The van der Waals surface area contributed by atoms with Crippen molar-refractivity contribution in [2.45, 2.75) is 18.9 Å². The molecule has 2 aliphatic heterocycles. The molecule has 1 aliphatic carbocycles. The van der Waals surface area contributed by atoms with E-state index < -0.39 is 0 Å². The van der Waals surface area contributed by atoms with Gasteiger partial charge < -0.3 is 14.4 Å². The molecule has 0 unspecified atom stereocenters. The topological polar surface area (TPSA) is 42.0 Å². The first-order chi connectivity index (χ1) is 9.81. The zero-order valence-electron chi connectivity index (χ0n) is 11.4. The molecule has 2 heterocycles. The van der Waals surface area contributed by atoms with Crippen molar-refractivity contribution >= 4 is 5.91 Å². The summed E-state index contributed by atoms with van der Waals surface area (Å²) in [5.74, 6) is 1.49. The molecule has 106 valence electrons. The SMILES string of the molecule is O=C(c1ccc2c(c1)OCO2)N1CCN(C2CC2)CC1. The van der Waals surface area contributed by atoms with E-state index in [0.29, 0.717) is 11.3 Å². The van der Waals surface area contributed by atoms with Crippen LogP contribution in [0.4, 0.5) is 0 Å². The Hall–Kier alpha value is -1.75. The van der Waals surface area contributed by atoms with Crippen LogP contribution in [-0.2, 0) is 0 Å². The highest BCUT2D eigenvalue weighted by Crippen LogP contribution is 2.33. The number of ether oxygens (including phenoxy) is 2. The Bertz CT molecular complexity index is 534. The predicted octanol–water partition coefficient (Wildman–Crippen LogP) is 1.34. The molecule has 0 bridgehead atoms. The van der Waals surface area contributed by atoms with Crippen molar-refractivity contribution in [2.75, 3.05) is 33.0 Å². The van der Waals surface area contributed by atoms with Gasteiger partial charge in [0.15, 0.2) is 11.5 Å².